The number of amides is 2. The van der Waals surface area contributed by atoms with E-state index in [2.05, 4.69) is 16.2 Å². The molecule has 3 rings (SSSR count). The van der Waals surface area contributed by atoms with E-state index in [0.717, 1.165) is 17.0 Å². The Bertz CT molecular complexity index is 897. The van der Waals surface area contributed by atoms with Gasteiger partial charge in [0.1, 0.15) is 0 Å². The number of rotatable bonds is 4. The highest BCUT2D eigenvalue weighted by atomic mass is 35.5. The first-order valence-electron chi connectivity index (χ1n) is 7.30. The van der Waals surface area contributed by atoms with Crippen molar-refractivity contribution >= 4 is 46.6 Å². The predicted octanol–water partition coefficient (Wildman–Crippen LogP) is 3.70. The number of thioether (sulfide) groups is 1. The van der Waals surface area contributed by atoms with Crippen molar-refractivity contribution in [1.82, 2.24) is 5.43 Å². The van der Waals surface area contributed by atoms with Crippen LogP contribution in [0.3, 0.4) is 0 Å². The maximum atomic E-state index is 13.5. The zero-order valence-corrected chi connectivity index (χ0v) is 14.5. The fraction of sp³-hybridized carbons (Fsp3) is 0.125. The van der Waals surface area contributed by atoms with Crippen LogP contribution in [0, 0.1) is 17.5 Å². The third-order valence-electron chi connectivity index (χ3n) is 3.50. The summed E-state index contributed by atoms with van der Waals surface area (Å²) in [4.78, 5) is 24.8. The normalized spacial score (nSPS) is 15.8. The van der Waals surface area contributed by atoms with E-state index in [-0.39, 0.29) is 12.3 Å². The largest absolute Gasteiger partial charge is 0.324 e. The summed E-state index contributed by atoms with van der Waals surface area (Å²) in [6.07, 6.45) is -0.211. The number of carbonyl (C=O) groups excluding carboxylic acids is 2. The van der Waals surface area contributed by atoms with Crippen molar-refractivity contribution in [3.63, 3.8) is 0 Å². The zero-order valence-electron chi connectivity index (χ0n) is 12.9. The average molecular weight is 402 g/mol. The van der Waals surface area contributed by atoms with Gasteiger partial charge in [-0.05, 0) is 30.3 Å². The maximum absolute atomic E-state index is 13.5. The van der Waals surface area contributed by atoms with E-state index in [1.165, 1.54) is 11.8 Å². The molecule has 0 spiro atoms. The van der Waals surface area contributed by atoms with Gasteiger partial charge in [0.15, 0.2) is 17.5 Å². The molecule has 0 fully saturated rings. The van der Waals surface area contributed by atoms with Crippen molar-refractivity contribution in [2.24, 2.45) is 0 Å². The highest BCUT2D eigenvalue weighted by Crippen LogP contribution is 2.38. The van der Waals surface area contributed by atoms with Crippen LogP contribution in [0.1, 0.15) is 6.42 Å². The van der Waals surface area contributed by atoms with Gasteiger partial charge in [0.05, 0.1) is 16.6 Å². The number of hydrogen-bond acceptors (Lipinski definition) is 4. The van der Waals surface area contributed by atoms with Crippen molar-refractivity contribution < 1.29 is 22.8 Å². The Morgan fingerprint density at radius 3 is 2.73 bits per heavy atom. The molecule has 0 aliphatic carbocycles. The van der Waals surface area contributed by atoms with Crippen LogP contribution in [-0.4, -0.2) is 17.1 Å². The van der Waals surface area contributed by atoms with E-state index in [0.29, 0.717) is 10.7 Å². The van der Waals surface area contributed by atoms with Gasteiger partial charge in [0.25, 0.3) is 0 Å². The van der Waals surface area contributed by atoms with E-state index in [4.69, 9.17) is 11.6 Å². The number of anilines is 2. The Morgan fingerprint density at radius 1 is 1.19 bits per heavy atom. The molecule has 2 amide bonds. The zero-order chi connectivity index (χ0) is 18.8. The number of carbonyl (C=O) groups is 2. The van der Waals surface area contributed by atoms with Gasteiger partial charge in [-0.15, -0.1) is 11.8 Å². The number of nitrogens with one attached hydrogen (secondary N) is 3. The minimum absolute atomic E-state index is 0.211. The number of hydrogen-bond donors (Lipinski definition) is 3. The Balaban J connectivity index is 1.61. The van der Waals surface area contributed by atoms with Crippen LogP contribution < -0.4 is 16.2 Å². The minimum Gasteiger partial charge on any atom is -0.324 e. The Kier molecular flexibility index (Phi) is 5.28. The van der Waals surface area contributed by atoms with Gasteiger partial charge in [-0.25, -0.2) is 13.2 Å². The van der Waals surface area contributed by atoms with Crippen LogP contribution in [0.5, 0.6) is 0 Å². The molecule has 0 bridgehead atoms. The molecule has 2 aromatic carbocycles. The van der Waals surface area contributed by atoms with Crippen molar-refractivity contribution in [2.75, 3.05) is 10.7 Å². The van der Waals surface area contributed by atoms with E-state index >= 15 is 0 Å². The molecular weight excluding hydrogens is 391 g/mol. The van der Waals surface area contributed by atoms with Gasteiger partial charge in [-0.1, -0.05) is 11.6 Å². The number of benzene rings is 2. The smallest absolute Gasteiger partial charge is 0.239 e. The van der Waals surface area contributed by atoms with Gasteiger partial charge < -0.3 is 5.32 Å². The third-order valence-corrected chi connectivity index (χ3v) is 5.01. The number of fused-ring (bicyclic) bond motifs is 1. The van der Waals surface area contributed by atoms with Crippen LogP contribution in [0.4, 0.5) is 24.5 Å². The monoisotopic (exact) mass is 401 g/mol. The highest BCUT2D eigenvalue weighted by Gasteiger charge is 2.29. The van der Waals surface area contributed by atoms with E-state index < -0.39 is 34.3 Å². The first-order valence-corrected chi connectivity index (χ1v) is 8.56. The highest BCUT2D eigenvalue weighted by molar-refractivity contribution is 8.01. The van der Waals surface area contributed by atoms with Gasteiger partial charge in [-0.3, -0.25) is 20.4 Å². The van der Waals surface area contributed by atoms with Crippen molar-refractivity contribution in [3.05, 3.63) is 52.8 Å². The molecule has 2 aromatic rings. The minimum atomic E-state index is -1.65. The second kappa shape index (κ2) is 7.46. The average Bonchev–Trinajstić information content (AvgIpc) is 2.60. The fourth-order valence-electron chi connectivity index (χ4n) is 2.24. The molecular formula is C16H11ClF3N3O2S. The summed E-state index contributed by atoms with van der Waals surface area (Å²) in [7, 11) is 0. The molecule has 1 heterocycles. The second-order valence-corrected chi connectivity index (χ2v) is 7.02. The molecule has 136 valence electrons. The molecule has 1 aliphatic heterocycles. The first-order chi connectivity index (χ1) is 12.3. The quantitative estimate of drug-likeness (QED) is 0.539. The fourth-order valence-corrected chi connectivity index (χ4v) is 3.50. The summed E-state index contributed by atoms with van der Waals surface area (Å²) in [6, 6.07) is 6.65. The lowest BCUT2D eigenvalue weighted by Gasteiger charge is -2.24. The molecule has 0 aromatic heterocycles. The predicted molar refractivity (Wildman–Crippen MR) is 92.4 cm³/mol. The standard InChI is InChI=1S/C16H11ClF3N3O2S/c17-7-1-4-11-10(5-7)21-16(25)12(26-11)6-13(24)23-22-9-3-2-8(18)14(19)15(9)20/h1-5,12,22H,6H2,(H,21,25)(H,23,24). The van der Waals surface area contributed by atoms with Crippen LogP contribution in [0.25, 0.3) is 0 Å². The van der Waals surface area contributed by atoms with Crippen molar-refractivity contribution in [2.45, 2.75) is 16.6 Å². The van der Waals surface area contributed by atoms with Gasteiger partial charge in [0.2, 0.25) is 11.8 Å². The molecule has 3 N–H and O–H groups in total. The summed E-state index contributed by atoms with van der Waals surface area (Å²) < 4.78 is 39.5. The van der Waals surface area contributed by atoms with Gasteiger partial charge in [-0.2, -0.15) is 0 Å². The lowest BCUT2D eigenvalue weighted by Crippen LogP contribution is -2.37. The summed E-state index contributed by atoms with van der Waals surface area (Å²) in [5.74, 6) is -5.45. The molecule has 0 saturated heterocycles. The lowest BCUT2D eigenvalue weighted by atomic mass is 10.2. The molecule has 1 aliphatic rings. The second-order valence-electron chi connectivity index (χ2n) is 5.34. The molecule has 26 heavy (non-hydrogen) atoms. The lowest BCUT2D eigenvalue weighted by molar-refractivity contribution is -0.123. The Morgan fingerprint density at radius 2 is 1.96 bits per heavy atom. The maximum Gasteiger partial charge on any atom is 0.239 e. The topological polar surface area (TPSA) is 70.2 Å². The summed E-state index contributed by atoms with van der Waals surface area (Å²) in [5, 5.41) is 2.42. The van der Waals surface area contributed by atoms with Crippen LogP contribution in [0.15, 0.2) is 35.2 Å². The Labute approximate surface area is 155 Å². The SMILES string of the molecule is O=C(CC1Sc2ccc(Cl)cc2NC1=O)NNc1ccc(F)c(F)c1F. The number of halogens is 4. The summed E-state index contributed by atoms with van der Waals surface area (Å²) >= 11 is 7.05. The molecule has 5 nitrogen and oxygen atoms in total. The summed E-state index contributed by atoms with van der Waals surface area (Å²) in [5.41, 5.74) is 4.46. The summed E-state index contributed by atoms with van der Waals surface area (Å²) in [6.45, 7) is 0. The van der Waals surface area contributed by atoms with Crippen molar-refractivity contribution in [3.8, 4) is 0 Å². The molecule has 0 saturated carbocycles. The van der Waals surface area contributed by atoms with Crippen LogP contribution in [0.2, 0.25) is 5.02 Å². The molecule has 1 atom stereocenters. The van der Waals surface area contributed by atoms with Gasteiger partial charge >= 0.3 is 0 Å². The Hall–Kier alpha value is -2.39. The van der Waals surface area contributed by atoms with Gasteiger partial charge in [0, 0.05) is 16.3 Å². The number of hydrazine groups is 1. The molecule has 1 unspecified atom stereocenters. The molecule has 0 radical (unpaired) electrons. The van der Waals surface area contributed by atoms with E-state index in [1.54, 1.807) is 18.2 Å². The van der Waals surface area contributed by atoms with Crippen molar-refractivity contribution in [1.29, 1.82) is 0 Å². The van der Waals surface area contributed by atoms with Crippen LogP contribution in [-0.2, 0) is 9.59 Å². The molecule has 10 heteroatoms. The van der Waals surface area contributed by atoms with E-state index in [1.807, 2.05) is 0 Å². The van der Waals surface area contributed by atoms with Crippen LogP contribution >= 0.6 is 23.4 Å². The first kappa shape index (κ1) is 18.4. The van der Waals surface area contributed by atoms with E-state index in [9.17, 15) is 22.8 Å². The third kappa shape index (κ3) is 3.88.